The summed E-state index contributed by atoms with van der Waals surface area (Å²) in [4.78, 5) is 4.11. The minimum absolute atomic E-state index is 1.10. The molecule has 1 heterocycles. The summed E-state index contributed by atoms with van der Waals surface area (Å²) < 4.78 is 0. The van der Waals surface area contributed by atoms with Crippen molar-refractivity contribution in [3.05, 3.63) is 66.0 Å². The van der Waals surface area contributed by atoms with Gasteiger partial charge in [0.2, 0.25) is 0 Å². The van der Waals surface area contributed by atoms with Gasteiger partial charge in [0.15, 0.2) is 0 Å². The van der Waals surface area contributed by atoms with Gasteiger partial charge >= 0.3 is 0 Å². The Morgan fingerprint density at radius 1 is 1.00 bits per heavy atom. The molecule has 0 atom stereocenters. The first kappa shape index (κ1) is 9.91. The summed E-state index contributed by atoms with van der Waals surface area (Å²) in [6.07, 6.45) is 7.17. The van der Waals surface area contributed by atoms with E-state index in [9.17, 15) is 0 Å². The van der Waals surface area contributed by atoms with Crippen molar-refractivity contribution in [2.45, 2.75) is 19.3 Å². The predicted molar refractivity (Wildman–Crippen MR) is 61.5 cm³/mol. The number of aromatic nitrogens is 1. The van der Waals surface area contributed by atoms with Crippen LogP contribution in [0.1, 0.15) is 17.5 Å². The molecule has 2 rings (SSSR count). The van der Waals surface area contributed by atoms with Gasteiger partial charge in [-0.2, -0.15) is 0 Å². The Bertz CT molecular complexity index is 341. The van der Waals surface area contributed by atoms with Gasteiger partial charge < -0.3 is 0 Å². The maximum Gasteiger partial charge on any atom is 0.0299 e. The highest BCUT2D eigenvalue weighted by molar-refractivity contribution is 5.14. The van der Waals surface area contributed by atoms with Crippen LogP contribution in [0.15, 0.2) is 48.8 Å². The van der Waals surface area contributed by atoms with E-state index >= 15 is 0 Å². The zero-order valence-electron chi connectivity index (χ0n) is 8.69. The summed E-state index contributed by atoms with van der Waals surface area (Å²) in [6, 6.07) is 15.4. The lowest BCUT2D eigenvalue weighted by molar-refractivity contribution is 0.817. The quantitative estimate of drug-likeness (QED) is 0.732. The number of nitrogens with zero attached hydrogens (tertiary/aromatic N) is 1. The van der Waals surface area contributed by atoms with Crippen LogP contribution in [0.3, 0.4) is 0 Å². The van der Waals surface area contributed by atoms with Crippen molar-refractivity contribution in [1.82, 2.24) is 4.98 Å². The molecule has 1 aromatic carbocycles. The van der Waals surface area contributed by atoms with Crippen LogP contribution in [-0.4, -0.2) is 4.98 Å². The van der Waals surface area contributed by atoms with E-state index < -0.39 is 0 Å². The van der Waals surface area contributed by atoms with Crippen molar-refractivity contribution in [3.63, 3.8) is 0 Å². The zero-order valence-corrected chi connectivity index (χ0v) is 8.69. The number of hydrogen-bond donors (Lipinski definition) is 0. The van der Waals surface area contributed by atoms with Gasteiger partial charge in [-0.1, -0.05) is 30.3 Å². The molecule has 0 aliphatic heterocycles. The third-order valence-corrected chi connectivity index (χ3v) is 2.44. The molecule has 1 radical (unpaired) electrons. The Kier molecular flexibility index (Phi) is 3.50. The summed E-state index contributed by atoms with van der Waals surface area (Å²) >= 11 is 0. The minimum atomic E-state index is 1.10. The van der Waals surface area contributed by atoms with Gasteiger partial charge in [-0.3, -0.25) is 4.98 Å². The van der Waals surface area contributed by atoms with Crippen LogP contribution in [0.25, 0.3) is 0 Å². The van der Waals surface area contributed by atoms with Crippen LogP contribution >= 0.6 is 0 Å². The van der Waals surface area contributed by atoms with E-state index in [1.807, 2.05) is 30.6 Å². The SMILES string of the molecule is [c]1ccc(CCCc2cccnc2)cc1. The van der Waals surface area contributed by atoms with E-state index in [4.69, 9.17) is 0 Å². The van der Waals surface area contributed by atoms with Crippen LogP contribution in [-0.2, 0) is 12.8 Å². The van der Waals surface area contributed by atoms with Gasteiger partial charge in [0, 0.05) is 12.4 Å². The number of pyridine rings is 1. The average molecular weight is 196 g/mol. The fourth-order valence-electron chi connectivity index (χ4n) is 1.63. The van der Waals surface area contributed by atoms with Crippen molar-refractivity contribution in [2.75, 3.05) is 0 Å². The smallest absolute Gasteiger partial charge is 0.0299 e. The molecule has 0 N–H and O–H groups in total. The lowest BCUT2D eigenvalue weighted by atomic mass is 10.1. The standard InChI is InChI=1S/C14H14N/c1-2-6-13(7-3-1)8-4-9-14-10-5-11-15-12-14/h2-3,5-7,10-12H,4,8-9H2. The largest absolute Gasteiger partial charge is 0.264 e. The topological polar surface area (TPSA) is 12.9 Å². The molecule has 0 aliphatic rings. The maximum absolute atomic E-state index is 4.11. The zero-order chi connectivity index (χ0) is 10.3. The van der Waals surface area contributed by atoms with Gasteiger partial charge in [-0.05, 0) is 42.5 Å². The van der Waals surface area contributed by atoms with E-state index in [1.54, 1.807) is 0 Å². The highest BCUT2D eigenvalue weighted by Gasteiger charge is 1.94. The van der Waals surface area contributed by atoms with E-state index in [1.165, 1.54) is 17.5 Å². The van der Waals surface area contributed by atoms with Gasteiger partial charge in [-0.15, -0.1) is 0 Å². The predicted octanol–water partition coefficient (Wildman–Crippen LogP) is 3.06. The fraction of sp³-hybridized carbons (Fsp3) is 0.214. The first-order valence-corrected chi connectivity index (χ1v) is 5.29. The number of hydrogen-bond acceptors (Lipinski definition) is 1. The van der Waals surface area contributed by atoms with Crippen LogP contribution < -0.4 is 0 Å². The average Bonchev–Trinajstić information content (AvgIpc) is 2.32. The van der Waals surface area contributed by atoms with Gasteiger partial charge in [0.1, 0.15) is 0 Å². The molecule has 1 nitrogen and oxygen atoms in total. The molecule has 0 bridgehead atoms. The van der Waals surface area contributed by atoms with Crippen LogP contribution in [0, 0.1) is 6.07 Å². The third kappa shape index (κ3) is 3.21. The molecule has 1 aromatic heterocycles. The Morgan fingerprint density at radius 2 is 1.80 bits per heavy atom. The second-order valence-corrected chi connectivity index (χ2v) is 3.62. The Morgan fingerprint density at radius 3 is 2.53 bits per heavy atom. The molecule has 0 fully saturated rings. The third-order valence-electron chi connectivity index (χ3n) is 2.44. The van der Waals surface area contributed by atoms with Crippen molar-refractivity contribution in [3.8, 4) is 0 Å². The van der Waals surface area contributed by atoms with E-state index in [0.717, 1.165) is 12.8 Å². The molecule has 2 aromatic rings. The molecular formula is C14H14N. The minimum Gasteiger partial charge on any atom is -0.264 e. The summed E-state index contributed by atoms with van der Waals surface area (Å²) in [5.41, 5.74) is 2.71. The van der Waals surface area contributed by atoms with E-state index in [0.29, 0.717) is 0 Å². The molecule has 0 unspecified atom stereocenters. The highest BCUT2D eigenvalue weighted by atomic mass is 14.6. The normalized spacial score (nSPS) is 10.1. The van der Waals surface area contributed by atoms with Crippen molar-refractivity contribution in [1.29, 1.82) is 0 Å². The molecule has 15 heavy (non-hydrogen) atoms. The maximum atomic E-state index is 4.11. The lowest BCUT2D eigenvalue weighted by Crippen LogP contribution is -1.90. The highest BCUT2D eigenvalue weighted by Crippen LogP contribution is 2.06. The van der Waals surface area contributed by atoms with Gasteiger partial charge in [-0.25, -0.2) is 0 Å². The Hall–Kier alpha value is -1.63. The fourth-order valence-corrected chi connectivity index (χ4v) is 1.63. The van der Waals surface area contributed by atoms with Crippen LogP contribution in [0.5, 0.6) is 0 Å². The summed E-state index contributed by atoms with van der Waals surface area (Å²) in [5, 5.41) is 0. The molecule has 75 valence electrons. The van der Waals surface area contributed by atoms with Crippen LogP contribution in [0.4, 0.5) is 0 Å². The second kappa shape index (κ2) is 5.30. The molecule has 0 amide bonds. The van der Waals surface area contributed by atoms with Crippen molar-refractivity contribution < 1.29 is 0 Å². The van der Waals surface area contributed by atoms with E-state index in [2.05, 4.69) is 29.2 Å². The molecule has 0 saturated heterocycles. The Balaban J connectivity index is 1.81. The second-order valence-electron chi connectivity index (χ2n) is 3.62. The molecule has 0 saturated carbocycles. The number of rotatable bonds is 4. The number of benzene rings is 1. The summed E-state index contributed by atoms with van der Waals surface area (Å²) in [5.74, 6) is 0. The first-order valence-electron chi connectivity index (χ1n) is 5.29. The van der Waals surface area contributed by atoms with Crippen molar-refractivity contribution >= 4 is 0 Å². The van der Waals surface area contributed by atoms with Crippen LogP contribution in [0.2, 0.25) is 0 Å². The summed E-state index contributed by atoms with van der Waals surface area (Å²) in [7, 11) is 0. The number of aryl methyl sites for hydroxylation is 2. The summed E-state index contributed by atoms with van der Waals surface area (Å²) in [6.45, 7) is 0. The lowest BCUT2D eigenvalue weighted by Gasteiger charge is -2.01. The van der Waals surface area contributed by atoms with E-state index in [-0.39, 0.29) is 0 Å². The van der Waals surface area contributed by atoms with Gasteiger partial charge in [0.05, 0.1) is 0 Å². The molecular weight excluding hydrogens is 182 g/mol. The molecule has 0 aliphatic carbocycles. The monoisotopic (exact) mass is 196 g/mol. The first-order chi connectivity index (χ1) is 7.45. The molecule has 0 spiro atoms. The molecule has 1 heteroatoms. The Labute approximate surface area is 90.8 Å². The van der Waals surface area contributed by atoms with Gasteiger partial charge in [0.25, 0.3) is 0 Å². The van der Waals surface area contributed by atoms with Crippen molar-refractivity contribution in [2.24, 2.45) is 0 Å².